The van der Waals surface area contributed by atoms with Crippen LogP contribution in [0.4, 0.5) is 9.59 Å². The molecule has 0 aromatic heterocycles. The first-order valence-electron chi connectivity index (χ1n) is 15.8. The Morgan fingerprint density at radius 3 is 1.74 bits per heavy atom. The number of hydrogen-bond donors (Lipinski definition) is 3. The van der Waals surface area contributed by atoms with Crippen molar-refractivity contribution in [2.75, 3.05) is 26.4 Å². The van der Waals surface area contributed by atoms with Crippen molar-refractivity contribution in [3.05, 3.63) is 35.9 Å². The van der Waals surface area contributed by atoms with E-state index in [0.717, 1.165) is 5.56 Å². The van der Waals surface area contributed by atoms with Crippen LogP contribution in [0, 0.1) is 0 Å². The lowest BCUT2D eigenvalue weighted by molar-refractivity contribution is -0.160. The highest BCUT2D eigenvalue weighted by Crippen LogP contribution is 2.15. The fourth-order valence-corrected chi connectivity index (χ4v) is 4.12. The average molecular weight is 669 g/mol. The Hall–Kier alpha value is -3.46. The van der Waals surface area contributed by atoms with Crippen LogP contribution in [0.15, 0.2) is 30.3 Å². The van der Waals surface area contributed by atoms with Gasteiger partial charge < -0.3 is 48.9 Å². The third-order valence-electron chi connectivity index (χ3n) is 6.60. The highest BCUT2D eigenvalue weighted by atomic mass is 16.6. The van der Waals surface area contributed by atoms with Gasteiger partial charge in [-0.1, -0.05) is 30.3 Å². The van der Waals surface area contributed by atoms with Gasteiger partial charge in [0.05, 0.1) is 19.8 Å². The van der Waals surface area contributed by atoms with Crippen molar-refractivity contribution in [3.8, 4) is 0 Å². The Balaban J connectivity index is 0.000000343. The van der Waals surface area contributed by atoms with Gasteiger partial charge in [-0.25, -0.2) is 19.2 Å². The molecule has 0 aliphatic carbocycles. The summed E-state index contributed by atoms with van der Waals surface area (Å²) in [6.07, 6.45) is -3.26. The highest BCUT2D eigenvalue weighted by Gasteiger charge is 2.32. The van der Waals surface area contributed by atoms with Crippen LogP contribution in [-0.2, 0) is 49.4 Å². The molecule has 47 heavy (non-hydrogen) atoms. The molecule has 3 rings (SSSR count). The molecule has 2 aliphatic heterocycles. The van der Waals surface area contributed by atoms with Gasteiger partial charge in [0.15, 0.2) is 0 Å². The molecule has 14 heteroatoms. The minimum atomic E-state index is -0.876. The number of cyclic esters (lactones) is 2. The van der Waals surface area contributed by atoms with Crippen molar-refractivity contribution in [1.29, 1.82) is 0 Å². The molecule has 1 aromatic rings. The number of rotatable bonds is 5. The van der Waals surface area contributed by atoms with E-state index in [1.807, 2.05) is 30.3 Å². The van der Waals surface area contributed by atoms with Gasteiger partial charge >= 0.3 is 24.1 Å². The number of esters is 2. The number of hydrogen-bond acceptors (Lipinski definition) is 12. The van der Waals surface area contributed by atoms with Crippen LogP contribution in [0.2, 0.25) is 0 Å². The summed E-state index contributed by atoms with van der Waals surface area (Å²) >= 11 is 0. The van der Waals surface area contributed by atoms with Crippen LogP contribution in [0.25, 0.3) is 0 Å². The highest BCUT2D eigenvalue weighted by molar-refractivity contribution is 5.82. The second-order valence-electron chi connectivity index (χ2n) is 13.3. The van der Waals surface area contributed by atoms with Gasteiger partial charge in [-0.2, -0.15) is 0 Å². The second-order valence-corrected chi connectivity index (χ2v) is 13.3. The van der Waals surface area contributed by atoms with Gasteiger partial charge in [-0.15, -0.1) is 0 Å². The lowest BCUT2D eigenvalue weighted by atomic mass is 10.2. The fourth-order valence-electron chi connectivity index (χ4n) is 4.12. The largest absolute Gasteiger partial charge is 0.458 e. The summed E-state index contributed by atoms with van der Waals surface area (Å²) in [6.45, 7) is 15.1. The average Bonchev–Trinajstić information content (AvgIpc) is 3.05. The van der Waals surface area contributed by atoms with Gasteiger partial charge in [0.1, 0.15) is 47.7 Å². The molecule has 0 spiro atoms. The Kier molecular flexibility index (Phi) is 15.9. The summed E-state index contributed by atoms with van der Waals surface area (Å²) in [5.41, 5.74) is -0.264. The Morgan fingerprint density at radius 1 is 0.787 bits per heavy atom. The first-order valence-corrected chi connectivity index (χ1v) is 15.8. The van der Waals surface area contributed by atoms with E-state index < -0.39 is 71.8 Å². The molecule has 0 unspecified atom stereocenters. The first-order chi connectivity index (χ1) is 21.9. The number of benzene rings is 1. The van der Waals surface area contributed by atoms with E-state index in [4.69, 9.17) is 33.2 Å². The number of ether oxygens (including phenoxy) is 7. The van der Waals surface area contributed by atoms with E-state index in [9.17, 15) is 24.3 Å². The zero-order valence-corrected chi connectivity index (χ0v) is 28.7. The quantitative estimate of drug-likeness (QED) is 0.308. The SMILES string of the molecule is C[C@@H]1OC(=O)[C@@H](NC(=O)OC(C)(C)C)CCOC[C@H]1O.C[C@@H]1OC(=O)[C@@H](NC(=O)OC(C)(C)C)CCOC[C@H]1OCc1ccccc1. The molecule has 2 amide bonds. The summed E-state index contributed by atoms with van der Waals surface area (Å²) < 4.78 is 37.6. The number of amides is 2. The summed E-state index contributed by atoms with van der Waals surface area (Å²) in [5, 5.41) is 14.6. The van der Waals surface area contributed by atoms with Crippen LogP contribution in [-0.4, -0.2) is 103 Å². The number of aliphatic hydroxyl groups excluding tert-OH is 1. The van der Waals surface area contributed by atoms with Crippen molar-refractivity contribution in [2.24, 2.45) is 0 Å². The van der Waals surface area contributed by atoms with Gasteiger partial charge in [0, 0.05) is 26.1 Å². The minimum Gasteiger partial charge on any atom is -0.458 e. The van der Waals surface area contributed by atoms with Crippen LogP contribution in [0.5, 0.6) is 0 Å². The number of nitrogens with one attached hydrogen (secondary N) is 2. The molecule has 3 N–H and O–H groups in total. The minimum absolute atomic E-state index is 0.0909. The number of carbonyl (C=O) groups is 4. The molecule has 266 valence electrons. The van der Waals surface area contributed by atoms with Crippen molar-refractivity contribution < 1.29 is 57.4 Å². The smallest absolute Gasteiger partial charge is 0.408 e. The molecule has 0 saturated carbocycles. The molecular formula is C33H52N2O12. The van der Waals surface area contributed by atoms with Gasteiger partial charge in [0.2, 0.25) is 0 Å². The summed E-state index contributed by atoms with van der Waals surface area (Å²) in [6, 6.07) is 8.08. The second kappa shape index (κ2) is 18.8. The van der Waals surface area contributed by atoms with Crippen LogP contribution < -0.4 is 10.6 Å². The Morgan fingerprint density at radius 2 is 1.26 bits per heavy atom. The van der Waals surface area contributed by atoms with Gasteiger partial charge in [0.25, 0.3) is 0 Å². The molecule has 0 radical (unpaired) electrons. The monoisotopic (exact) mass is 668 g/mol. The van der Waals surface area contributed by atoms with Crippen LogP contribution in [0.3, 0.4) is 0 Å². The molecule has 14 nitrogen and oxygen atoms in total. The van der Waals surface area contributed by atoms with Crippen LogP contribution in [0.1, 0.15) is 73.8 Å². The number of alkyl carbamates (subject to hydrolysis) is 2. The predicted octanol–water partition coefficient (Wildman–Crippen LogP) is 3.41. The first kappa shape index (κ1) is 39.7. The molecule has 2 saturated heterocycles. The predicted molar refractivity (Wildman–Crippen MR) is 169 cm³/mol. The molecule has 2 fully saturated rings. The third kappa shape index (κ3) is 16.3. The zero-order chi connectivity index (χ0) is 35.2. The summed E-state index contributed by atoms with van der Waals surface area (Å²) in [4.78, 5) is 48.0. The van der Waals surface area contributed by atoms with Gasteiger partial charge in [-0.3, -0.25) is 0 Å². The molecule has 2 heterocycles. The molecule has 0 bridgehead atoms. The fraction of sp³-hybridized carbons (Fsp3) is 0.697. The van der Waals surface area contributed by atoms with Crippen molar-refractivity contribution in [1.82, 2.24) is 10.6 Å². The third-order valence-corrected chi connectivity index (χ3v) is 6.60. The summed E-state index contributed by atoms with van der Waals surface area (Å²) in [7, 11) is 0. The molecule has 2 aliphatic rings. The van der Waals surface area contributed by atoms with Crippen LogP contribution >= 0.6 is 0 Å². The normalized spacial score (nSPS) is 26.1. The topological polar surface area (TPSA) is 177 Å². The maximum atomic E-state index is 12.4. The number of aliphatic hydroxyl groups is 1. The van der Waals surface area contributed by atoms with Crippen molar-refractivity contribution in [3.63, 3.8) is 0 Å². The zero-order valence-electron chi connectivity index (χ0n) is 28.7. The maximum Gasteiger partial charge on any atom is 0.408 e. The molecular weight excluding hydrogens is 616 g/mol. The Labute approximate surface area is 277 Å². The van der Waals surface area contributed by atoms with E-state index in [0.29, 0.717) is 26.2 Å². The number of carbonyl (C=O) groups excluding carboxylic acids is 4. The lowest BCUT2D eigenvalue weighted by Crippen LogP contribution is -2.46. The van der Waals surface area contributed by atoms with Gasteiger partial charge in [-0.05, 0) is 61.0 Å². The lowest BCUT2D eigenvalue weighted by Gasteiger charge is -2.25. The van der Waals surface area contributed by atoms with E-state index in [1.54, 1.807) is 55.4 Å². The van der Waals surface area contributed by atoms with E-state index >= 15 is 0 Å². The van der Waals surface area contributed by atoms with E-state index in [1.165, 1.54) is 0 Å². The van der Waals surface area contributed by atoms with Crippen molar-refractivity contribution in [2.45, 2.75) is 123 Å². The standard InChI is InChI=1S/C20H29NO6.C13H23NO6/c1-14-17(25-12-15-8-6-5-7-9-15)13-24-11-10-16(18(22)26-14)21-19(23)27-20(2,3)4;1-8-10(15)7-18-6-5-9(11(16)19-8)14-12(17)20-13(2,3)4/h5-9,14,16-17H,10-13H2,1-4H3,(H,21,23);8-10,15H,5-7H2,1-4H3,(H,14,17)/t14-,16-,17+;8-,9-,10+/m00/s1. The van der Waals surface area contributed by atoms with E-state index in [-0.39, 0.29) is 19.6 Å². The Bertz CT molecular complexity index is 1130. The van der Waals surface area contributed by atoms with Crippen molar-refractivity contribution >= 4 is 24.1 Å². The summed E-state index contributed by atoms with van der Waals surface area (Å²) in [5.74, 6) is -1.12. The molecule has 6 atom stereocenters. The maximum absolute atomic E-state index is 12.4. The van der Waals surface area contributed by atoms with E-state index in [2.05, 4.69) is 10.6 Å². The molecule has 1 aromatic carbocycles.